The van der Waals surface area contributed by atoms with E-state index < -0.39 is 5.92 Å². The van der Waals surface area contributed by atoms with Gasteiger partial charge in [0.25, 0.3) is 0 Å². The number of aromatic nitrogens is 1. The maximum absolute atomic E-state index is 14.8. The van der Waals surface area contributed by atoms with E-state index in [4.69, 9.17) is 9.72 Å². The third kappa shape index (κ3) is 6.15. The number of nitrogens with zero attached hydrogens (tertiary/aromatic N) is 2. The van der Waals surface area contributed by atoms with Crippen LogP contribution in [-0.2, 0) is 28.8 Å². The highest BCUT2D eigenvalue weighted by atomic mass is 19.1. The zero-order valence-corrected chi connectivity index (χ0v) is 24.9. The second-order valence-corrected chi connectivity index (χ2v) is 9.73. The van der Waals surface area contributed by atoms with Gasteiger partial charge in [-0.05, 0) is 86.4 Å². The van der Waals surface area contributed by atoms with Crippen molar-refractivity contribution in [2.45, 2.75) is 80.6 Å². The highest BCUT2D eigenvalue weighted by Crippen LogP contribution is 2.39. The minimum Gasteiger partial charge on any atom is -0.492 e. The Hall–Kier alpha value is -3.30. The fourth-order valence-corrected chi connectivity index (χ4v) is 5.42. The number of nitriles is 1. The van der Waals surface area contributed by atoms with Crippen molar-refractivity contribution in [3.8, 4) is 6.07 Å². The molecule has 2 N–H and O–H groups in total. The quantitative estimate of drug-likeness (QED) is 0.420. The van der Waals surface area contributed by atoms with Crippen molar-refractivity contribution in [1.82, 2.24) is 4.98 Å². The summed E-state index contributed by atoms with van der Waals surface area (Å²) < 4.78 is 20.4. The number of ketones is 1. The molecule has 5 nitrogen and oxygen atoms in total. The van der Waals surface area contributed by atoms with E-state index in [9.17, 15) is 14.4 Å². The molecule has 0 spiro atoms. The number of allylic oxidation sites excluding steroid dienone is 3. The third-order valence-corrected chi connectivity index (χ3v) is 7.64. The van der Waals surface area contributed by atoms with Crippen LogP contribution in [0.3, 0.4) is 0 Å². The lowest BCUT2D eigenvalue weighted by Crippen LogP contribution is -2.25. The van der Waals surface area contributed by atoms with Crippen molar-refractivity contribution < 1.29 is 13.9 Å². The Labute approximate surface area is 233 Å². The van der Waals surface area contributed by atoms with E-state index in [-0.39, 0.29) is 24.1 Å². The van der Waals surface area contributed by atoms with Gasteiger partial charge in [-0.25, -0.2) is 9.37 Å². The van der Waals surface area contributed by atoms with Gasteiger partial charge in [0.05, 0.1) is 17.3 Å². The van der Waals surface area contributed by atoms with E-state index >= 15 is 0 Å². The predicted octanol–water partition coefficient (Wildman–Crippen LogP) is 7.33. The first-order chi connectivity index (χ1) is 18.7. The summed E-state index contributed by atoms with van der Waals surface area (Å²) in [6, 6.07) is 3.81. The lowest BCUT2D eigenvalue weighted by Gasteiger charge is -2.27. The van der Waals surface area contributed by atoms with Crippen molar-refractivity contribution in [1.29, 1.82) is 5.26 Å². The van der Waals surface area contributed by atoms with Crippen molar-refractivity contribution in [3.05, 3.63) is 69.4 Å². The number of halogens is 1. The first kappa shape index (κ1) is 31.9. The largest absolute Gasteiger partial charge is 0.492 e. The highest BCUT2D eigenvalue weighted by Gasteiger charge is 2.32. The van der Waals surface area contributed by atoms with Crippen LogP contribution in [0, 0.1) is 35.9 Å². The number of carbonyl (C=O) groups excluding carboxylic acids is 1. The molecule has 210 valence electrons. The van der Waals surface area contributed by atoms with E-state index in [1.807, 2.05) is 47.6 Å². The summed E-state index contributed by atoms with van der Waals surface area (Å²) in [5, 5.41) is 11.0. The van der Waals surface area contributed by atoms with Crippen LogP contribution in [0.15, 0.2) is 35.6 Å². The molecule has 0 fully saturated rings. The molecule has 0 amide bonds. The SMILES string of the molecule is C=C1OCC(C(=O)C(C)CC)=C(/C=C(\C)c2nc3cc(F)c(C)c4c3c(c2CC)CCC4)C1C#N.CC.CN. The lowest BCUT2D eigenvalue weighted by molar-refractivity contribution is -0.119. The van der Waals surface area contributed by atoms with Gasteiger partial charge in [0.15, 0.2) is 5.78 Å². The van der Waals surface area contributed by atoms with Gasteiger partial charge in [0.1, 0.15) is 24.1 Å². The van der Waals surface area contributed by atoms with Crippen LogP contribution in [0.1, 0.15) is 82.3 Å². The maximum atomic E-state index is 14.8. The van der Waals surface area contributed by atoms with Gasteiger partial charge in [0, 0.05) is 22.9 Å². The molecule has 6 heteroatoms. The maximum Gasteiger partial charge on any atom is 0.165 e. The van der Waals surface area contributed by atoms with Gasteiger partial charge in [0.2, 0.25) is 0 Å². The van der Waals surface area contributed by atoms with Crippen LogP contribution in [0.4, 0.5) is 4.39 Å². The molecule has 4 rings (SSSR count). The molecule has 0 saturated heterocycles. The minimum atomic E-state index is -0.725. The zero-order valence-electron chi connectivity index (χ0n) is 24.9. The number of ether oxygens (including phenoxy) is 1. The Morgan fingerprint density at radius 1 is 1.31 bits per heavy atom. The van der Waals surface area contributed by atoms with Gasteiger partial charge in [-0.1, -0.05) is 47.3 Å². The predicted molar refractivity (Wildman–Crippen MR) is 159 cm³/mol. The van der Waals surface area contributed by atoms with E-state index in [0.717, 1.165) is 59.0 Å². The van der Waals surface area contributed by atoms with Crippen LogP contribution in [0.2, 0.25) is 0 Å². The fourth-order valence-electron chi connectivity index (χ4n) is 5.42. The number of hydrogen-bond acceptors (Lipinski definition) is 5. The number of pyridine rings is 1. The molecule has 2 atom stereocenters. The molecule has 0 radical (unpaired) electrons. The molecule has 1 aromatic carbocycles. The Bertz CT molecular complexity index is 1350. The normalized spacial score (nSPS) is 17.3. The van der Waals surface area contributed by atoms with Crippen molar-refractivity contribution >= 4 is 22.3 Å². The van der Waals surface area contributed by atoms with E-state index in [2.05, 4.69) is 25.3 Å². The Balaban J connectivity index is 0.00000127. The number of benzene rings is 1. The molecule has 2 unspecified atom stereocenters. The number of Topliss-reactive ketones (excluding diaryl/α,β-unsaturated/α-hetero) is 1. The summed E-state index contributed by atoms with van der Waals surface area (Å²) >= 11 is 0. The first-order valence-corrected chi connectivity index (χ1v) is 14.1. The van der Waals surface area contributed by atoms with Crippen LogP contribution >= 0.6 is 0 Å². The number of nitrogens with two attached hydrogens (primary N) is 1. The summed E-state index contributed by atoms with van der Waals surface area (Å²) in [7, 11) is 1.50. The lowest BCUT2D eigenvalue weighted by atomic mass is 9.82. The number of aryl methyl sites for hydroxylation is 2. The topological polar surface area (TPSA) is 89.0 Å². The van der Waals surface area contributed by atoms with Crippen LogP contribution in [0.5, 0.6) is 0 Å². The number of rotatable bonds is 6. The van der Waals surface area contributed by atoms with Gasteiger partial charge < -0.3 is 10.5 Å². The van der Waals surface area contributed by atoms with Crippen molar-refractivity contribution in [2.75, 3.05) is 13.7 Å². The molecule has 1 aromatic heterocycles. The van der Waals surface area contributed by atoms with Gasteiger partial charge in [-0.15, -0.1) is 0 Å². The second-order valence-electron chi connectivity index (χ2n) is 9.73. The highest BCUT2D eigenvalue weighted by molar-refractivity contribution is 5.99. The Kier molecular flexibility index (Phi) is 11.6. The summed E-state index contributed by atoms with van der Waals surface area (Å²) in [5.74, 6) is -0.760. The van der Waals surface area contributed by atoms with E-state index in [1.165, 1.54) is 12.6 Å². The molecular formula is C33H44FN3O2. The van der Waals surface area contributed by atoms with Crippen molar-refractivity contribution in [3.63, 3.8) is 0 Å². The summed E-state index contributed by atoms with van der Waals surface area (Å²) in [6.45, 7) is 17.8. The monoisotopic (exact) mass is 533 g/mol. The molecule has 0 saturated carbocycles. The van der Waals surface area contributed by atoms with Crippen molar-refractivity contribution in [2.24, 2.45) is 17.6 Å². The van der Waals surface area contributed by atoms with E-state index in [1.54, 1.807) is 6.07 Å². The van der Waals surface area contributed by atoms with Gasteiger partial charge >= 0.3 is 0 Å². The average molecular weight is 534 g/mol. The summed E-state index contributed by atoms with van der Waals surface area (Å²) in [4.78, 5) is 18.1. The van der Waals surface area contributed by atoms with E-state index in [0.29, 0.717) is 28.8 Å². The van der Waals surface area contributed by atoms with Gasteiger partial charge in [-0.2, -0.15) is 5.26 Å². The summed E-state index contributed by atoms with van der Waals surface area (Å²) in [6.07, 6.45) is 6.20. The average Bonchev–Trinajstić information content (AvgIpc) is 2.97. The minimum absolute atomic E-state index is 0.00114. The smallest absolute Gasteiger partial charge is 0.165 e. The van der Waals surface area contributed by atoms with Crippen LogP contribution < -0.4 is 5.73 Å². The van der Waals surface area contributed by atoms with Crippen LogP contribution in [0.25, 0.3) is 16.5 Å². The molecular weight excluding hydrogens is 489 g/mol. The molecule has 39 heavy (non-hydrogen) atoms. The fraction of sp³-hybridized carbons (Fsp3) is 0.485. The van der Waals surface area contributed by atoms with Crippen LogP contribution in [-0.4, -0.2) is 24.4 Å². The molecule has 2 aliphatic rings. The zero-order chi connectivity index (χ0) is 29.4. The standard InChI is InChI=1S/C30H33FN2O2.C2H6.CH5N/c1-7-16(3)30(34)25-15-35-19(6)24(14-32)23(25)12-17(4)29-20(8-2)22-11-9-10-21-18(5)26(31)13-27(33-29)28(21)22;2*1-2/h12-13,16,24H,6-11,15H2,1-5H3;1-2H3;2H2,1H3/b17-12+;;. The number of carbonyl (C=O) groups is 1. The number of hydrogen-bond donors (Lipinski definition) is 1. The molecule has 1 aliphatic heterocycles. The Morgan fingerprint density at radius 3 is 2.54 bits per heavy atom. The molecule has 2 aromatic rings. The summed E-state index contributed by atoms with van der Waals surface area (Å²) in [5.41, 5.74) is 12.2. The molecule has 1 aliphatic carbocycles. The molecule has 0 bridgehead atoms. The molecule has 2 heterocycles. The Morgan fingerprint density at radius 2 is 1.95 bits per heavy atom. The first-order valence-electron chi connectivity index (χ1n) is 14.1. The van der Waals surface area contributed by atoms with Gasteiger partial charge in [-0.3, -0.25) is 4.79 Å². The third-order valence-electron chi connectivity index (χ3n) is 7.64. The second kappa shape index (κ2) is 14.2.